The average Bonchev–Trinajstić information content (AvgIpc) is 2.67. The van der Waals surface area contributed by atoms with Gasteiger partial charge in [0, 0.05) is 6.04 Å². The van der Waals surface area contributed by atoms with E-state index in [0.717, 1.165) is 12.2 Å². The number of aliphatic hydroxyl groups is 2. The third-order valence-electron chi connectivity index (χ3n) is 2.15. The van der Waals surface area contributed by atoms with E-state index in [1.807, 2.05) is 13.0 Å². The molecule has 4 heteroatoms. The Kier molecular flexibility index (Phi) is 4.65. The zero-order chi connectivity index (χ0) is 10.4. The van der Waals surface area contributed by atoms with Crippen LogP contribution in [0.15, 0.2) is 16.5 Å². The smallest absolute Gasteiger partial charge is 0.129 e. The molecule has 0 saturated carbocycles. The van der Waals surface area contributed by atoms with E-state index < -0.39 is 0 Å². The van der Waals surface area contributed by atoms with E-state index in [9.17, 15) is 0 Å². The van der Waals surface area contributed by atoms with Gasteiger partial charge in [-0.15, -0.1) is 0 Å². The lowest BCUT2D eigenvalue weighted by Gasteiger charge is -2.12. The zero-order valence-electron chi connectivity index (χ0n) is 8.36. The third kappa shape index (κ3) is 3.14. The fraction of sp³-hybridized carbons (Fsp3) is 0.600. The predicted octanol–water partition coefficient (Wildman–Crippen LogP) is 0.632. The summed E-state index contributed by atoms with van der Waals surface area (Å²) in [6.45, 7) is 2.65. The van der Waals surface area contributed by atoms with E-state index in [1.54, 1.807) is 6.07 Å². The number of furan rings is 1. The monoisotopic (exact) mass is 199 g/mol. The Morgan fingerprint density at radius 2 is 2.07 bits per heavy atom. The Bertz CT molecular complexity index is 256. The topological polar surface area (TPSA) is 65.6 Å². The molecule has 1 heterocycles. The molecule has 3 N–H and O–H groups in total. The first-order valence-electron chi connectivity index (χ1n) is 4.82. The highest BCUT2D eigenvalue weighted by atomic mass is 16.4. The molecule has 0 amide bonds. The molecular weight excluding hydrogens is 182 g/mol. The van der Waals surface area contributed by atoms with Crippen molar-refractivity contribution in [3.8, 4) is 0 Å². The van der Waals surface area contributed by atoms with Gasteiger partial charge in [0.1, 0.15) is 18.1 Å². The van der Waals surface area contributed by atoms with Crippen LogP contribution in [0.1, 0.15) is 24.9 Å². The summed E-state index contributed by atoms with van der Waals surface area (Å²) in [5.41, 5.74) is 0. The second-order valence-corrected chi connectivity index (χ2v) is 3.19. The summed E-state index contributed by atoms with van der Waals surface area (Å²) >= 11 is 0. The van der Waals surface area contributed by atoms with Crippen LogP contribution in [0.25, 0.3) is 0 Å². The minimum Gasteiger partial charge on any atom is -0.462 e. The lowest BCUT2D eigenvalue weighted by molar-refractivity contribution is 0.228. The maximum Gasteiger partial charge on any atom is 0.129 e. The van der Waals surface area contributed by atoms with Crippen molar-refractivity contribution in [1.29, 1.82) is 0 Å². The van der Waals surface area contributed by atoms with Crippen molar-refractivity contribution in [2.24, 2.45) is 0 Å². The lowest BCUT2D eigenvalue weighted by Crippen LogP contribution is -2.30. The summed E-state index contributed by atoms with van der Waals surface area (Å²) in [5.74, 6) is 1.35. The van der Waals surface area contributed by atoms with Crippen molar-refractivity contribution >= 4 is 0 Å². The van der Waals surface area contributed by atoms with Gasteiger partial charge >= 0.3 is 0 Å². The molecule has 0 aliphatic heterocycles. The summed E-state index contributed by atoms with van der Waals surface area (Å²) in [5, 5.41) is 20.8. The van der Waals surface area contributed by atoms with E-state index in [1.165, 1.54) is 0 Å². The number of hydrogen-bond acceptors (Lipinski definition) is 4. The molecule has 0 saturated heterocycles. The van der Waals surface area contributed by atoms with Crippen LogP contribution in [-0.2, 0) is 13.2 Å². The van der Waals surface area contributed by atoms with Crippen LogP contribution in [0.5, 0.6) is 0 Å². The van der Waals surface area contributed by atoms with Crippen LogP contribution in [0.2, 0.25) is 0 Å². The molecule has 0 aliphatic rings. The van der Waals surface area contributed by atoms with E-state index >= 15 is 0 Å². The Morgan fingerprint density at radius 1 is 1.36 bits per heavy atom. The average molecular weight is 199 g/mol. The van der Waals surface area contributed by atoms with Crippen LogP contribution in [0, 0.1) is 0 Å². The van der Waals surface area contributed by atoms with Gasteiger partial charge in [0.2, 0.25) is 0 Å². The van der Waals surface area contributed by atoms with Crippen LogP contribution in [0.3, 0.4) is 0 Å². The van der Waals surface area contributed by atoms with Gasteiger partial charge in [0.25, 0.3) is 0 Å². The summed E-state index contributed by atoms with van der Waals surface area (Å²) in [6.07, 6.45) is 0.879. The molecule has 14 heavy (non-hydrogen) atoms. The van der Waals surface area contributed by atoms with E-state index in [0.29, 0.717) is 12.3 Å². The number of rotatable bonds is 6. The molecule has 4 nitrogen and oxygen atoms in total. The predicted molar refractivity (Wildman–Crippen MR) is 52.6 cm³/mol. The number of aliphatic hydroxyl groups excluding tert-OH is 2. The first-order chi connectivity index (χ1) is 6.80. The molecule has 1 atom stereocenters. The maximum atomic E-state index is 8.92. The van der Waals surface area contributed by atoms with Gasteiger partial charge in [-0.2, -0.15) is 0 Å². The molecule has 0 fully saturated rings. The first-order valence-corrected chi connectivity index (χ1v) is 4.82. The molecule has 0 aliphatic carbocycles. The molecule has 1 unspecified atom stereocenters. The second kappa shape index (κ2) is 5.80. The standard InChI is InChI=1S/C10H17NO3/c1-2-8(6-12)11-5-9-3-4-10(7-13)14-9/h3-4,8,11-13H,2,5-7H2,1H3. The van der Waals surface area contributed by atoms with E-state index in [-0.39, 0.29) is 19.3 Å². The normalized spacial score (nSPS) is 13.1. The molecule has 1 aromatic heterocycles. The first kappa shape index (κ1) is 11.2. The van der Waals surface area contributed by atoms with E-state index in [2.05, 4.69) is 5.32 Å². The Labute approximate surface area is 83.6 Å². The largest absolute Gasteiger partial charge is 0.462 e. The Hall–Kier alpha value is -0.840. The Balaban J connectivity index is 2.37. The SMILES string of the molecule is CCC(CO)NCc1ccc(CO)o1. The molecule has 0 spiro atoms. The Morgan fingerprint density at radius 3 is 2.57 bits per heavy atom. The third-order valence-corrected chi connectivity index (χ3v) is 2.15. The quantitative estimate of drug-likeness (QED) is 0.628. The van der Waals surface area contributed by atoms with Gasteiger partial charge in [-0.05, 0) is 18.6 Å². The van der Waals surface area contributed by atoms with Crippen molar-refractivity contribution < 1.29 is 14.6 Å². The number of nitrogens with one attached hydrogen (secondary N) is 1. The van der Waals surface area contributed by atoms with Gasteiger partial charge in [-0.25, -0.2) is 0 Å². The summed E-state index contributed by atoms with van der Waals surface area (Å²) in [6, 6.07) is 3.68. The van der Waals surface area contributed by atoms with Crippen molar-refractivity contribution in [2.75, 3.05) is 6.61 Å². The fourth-order valence-corrected chi connectivity index (χ4v) is 1.19. The molecule has 80 valence electrons. The molecular formula is C10H17NO3. The van der Waals surface area contributed by atoms with Gasteiger partial charge in [-0.1, -0.05) is 6.92 Å². The van der Waals surface area contributed by atoms with E-state index in [4.69, 9.17) is 14.6 Å². The van der Waals surface area contributed by atoms with Crippen LogP contribution in [-0.4, -0.2) is 22.9 Å². The highest BCUT2D eigenvalue weighted by molar-refractivity contribution is 5.06. The minimum absolute atomic E-state index is 0.0722. The number of hydrogen-bond donors (Lipinski definition) is 3. The van der Waals surface area contributed by atoms with Crippen molar-refractivity contribution in [3.05, 3.63) is 23.7 Å². The molecule has 0 aromatic carbocycles. The minimum atomic E-state index is -0.0722. The maximum absolute atomic E-state index is 8.92. The molecule has 0 bridgehead atoms. The van der Waals surface area contributed by atoms with Crippen LogP contribution >= 0.6 is 0 Å². The summed E-state index contributed by atoms with van der Waals surface area (Å²) in [7, 11) is 0. The van der Waals surface area contributed by atoms with Crippen molar-refractivity contribution in [3.63, 3.8) is 0 Å². The highest BCUT2D eigenvalue weighted by Crippen LogP contribution is 2.07. The van der Waals surface area contributed by atoms with Gasteiger partial charge in [0.15, 0.2) is 0 Å². The highest BCUT2D eigenvalue weighted by Gasteiger charge is 2.05. The second-order valence-electron chi connectivity index (χ2n) is 3.19. The van der Waals surface area contributed by atoms with Gasteiger partial charge < -0.3 is 19.9 Å². The van der Waals surface area contributed by atoms with Crippen molar-refractivity contribution in [1.82, 2.24) is 5.32 Å². The zero-order valence-corrected chi connectivity index (χ0v) is 8.36. The van der Waals surface area contributed by atoms with Gasteiger partial charge in [0.05, 0.1) is 13.2 Å². The fourth-order valence-electron chi connectivity index (χ4n) is 1.19. The van der Waals surface area contributed by atoms with Crippen LogP contribution < -0.4 is 5.32 Å². The van der Waals surface area contributed by atoms with Gasteiger partial charge in [-0.3, -0.25) is 0 Å². The van der Waals surface area contributed by atoms with Crippen molar-refractivity contribution in [2.45, 2.75) is 32.5 Å². The molecule has 1 rings (SSSR count). The summed E-state index contributed by atoms with van der Waals surface area (Å²) in [4.78, 5) is 0. The van der Waals surface area contributed by atoms with Crippen LogP contribution in [0.4, 0.5) is 0 Å². The lowest BCUT2D eigenvalue weighted by atomic mass is 10.2. The molecule has 1 aromatic rings. The molecule has 0 radical (unpaired) electrons. The summed E-state index contributed by atoms with van der Waals surface area (Å²) < 4.78 is 5.28.